The number of carbonyl (C=O) groups is 2. The Morgan fingerprint density at radius 1 is 1.17 bits per heavy atom. The van der Waals surface area contributed by atoms with Crippen molar-refractivity contribution in [2.24, 2.45) is 0 Å². The average molecular weight is 349 g/mol. The zero-order valence-corrected chi connectivity index (χ0v) is 14.8. The normalized spacial score (nSPS) is 10.7. The summed E-state index contributed by atoms with van der Waals surface area (Å²) < 4.78 is 19.8. The third-order valence-electron chi connectivity index (χ3n) is 3.57. The highest BCUT2D eigenvalue weighted by Crippen LogP contribution is 2.22. The minimum Gasteiger partial charge on any atom is -0.465 e. The molecule has 1 aromatic carbocycles. The lowest BCUT2D eigenvalue weighted by Crippen LogP contribution is -2.10. The fraction of sp³-hybridized carbons (Fsp3) is 0.333. The van der Waals surface area contributed by atoms with Gasteiger partial charge in [0.2, 0.25) is 0 Å². The minimum absolute atomic E-state index is 0.0363. The summed E-state index contributed by atoms with van der Waals surface area (Å²) in [5, 5.41) is 0. The van der Waals surface area contributed by atoms with Gasteiger partial charge in [0.25, 0.3) is 0 Å². The summed E-state index contributed by atoms with van der Waals surface area (Å²) in [6.45, 7) is 5.85. The molecule has 4 nitrogen and oxygen atoms in total. The van der Waals surface area contributed by atoms with Gasteiger partial charge in [-0.3, -0.25) is 9.59 Å². The van der Waals surface area contributed by atoms with Gasteiger partial charge in [-0.1, -0.05) is 0 Å². The first kappa shape index (κ1) is 18.3. The zero-order valence-electron chi connectivity index (χ0n) is 14.0. The van der Waals surface area contributed by atoms with E-state index in [0.717, 1.165) is 17.1 Å². The maximum Gasteiger partial charge on any atom is 0.315 e. The van der Waals surface area contributed by atoms with Crippen molar-refractivity contribution >= 4 is 23.5 Å². The maximum atomic E-state index is 13.1. The molecule has 0 aliphatic rings. The van der Waals surface area contributed by atoms with Gasteiger partial charge in [0, 0.05) is 22.6 Å². The number of hydrogen-bond donors (Lipinski definition) is 0. The van der Waals surface area contributed by atoms with Crippen LogP contribution in [0.5, 0.6) is 0 Å². The highest BCUT2D eigenvalue weighted by molar-refractivity contribution is 8.00. The van der Waals surface area contributed by atoms with E-state index in [1.807, 2.05) is 24.5 Å². The third-order valence-corrected chi connectivity index (χ3v) is 4.48. The SMILES string of the molecule is CCOC(=O)CSCC(=O)c1cc(C)n(-c2ccc(F)cc2)c1C. The number of aryl methyl sites for hydroxylation is 1. The molecule has 0 atom stereocenters. The predicted octanol–water partition coefficient (Wildman–Crippen LogP) is 3.71. The number of ketones is 1. The quantitative estimate of drug-likeness (QED) is 0.565. The predicted molar refractivity (Wildman–Crippen MR) is 93.5 cm³/mol. The Morgan fingerprint density at radius 2 is 1.83 bits per heavy atom. The van der Waals surface area contributed by atoms with Gasteiger partial charge in [0.05, 0.1) is 18.1 Å². The standard InChI is InChI=1S/C18H20FNO3S/c1-4-23-18(22)11-24-10-17(21)16-9-12(2)20(13(16)3)15-7-5-14(19)6-8-15/h5-9H,4,10-11H2,1-3H3. The van der Waals surface area contributed by atoms with Crippen LogP contribution in [0.2, 0.25) is 0 Å². The number of aromatic nitrogens is 1. The van der Waals surface area contributed by atoms with Crippen LogP contribution >= 0.6 is 11.8 Å². The number of esters is 1. The highest BCUT2D eigenvalue weighted by Gasteiger charge is 2.17. The van der Waals surface area contributed by atoms with Crippen LogP contribution in [-0.2, 0) is 9.53 Å². The molecule has 0 N–H and O–H groups in total. The highest BCUT2D eigenvalue weighted by atomic mass is 32.2. The Hall–Kier alpha value is -2.08. The number of thioether (sulfide) groups is 1. The molecule has 1 heterocycles. The van der Waals surface area contributed by atoms with E-state index in [-0.39, 0.29) is 29.1 Å². The van der Waals surface area contributed by atoms with Crippen LogP contribution < -0.4 is 0 Å². The van der Waals surface area contributed by atoms with E-state index >= 15 is 0 Å². The van der Waals surface area contributed by atoms with E-state index in [1.54, 1.807) is 19.1 Å². The van der Waals surface area contributed by atoms with Crippen LogP contribution in [0.3, 0.4) is 0 Å². The summed E-state index contributed by atoms with van der Waals surface area (Å²) in [4.78, 5) is 23.7. The topological polar surface area (TPSA) is 48.3 Å². The molecule has 0 bridgehead atoms. The van der Waals surface area contributed by atoms with E-state index in [2.05, 4.69) is 0 Å². The lowest BCUT2D eigenvalue weighted by atomic mass is 10.2. The summed E-state index contributed by atoms with van der Waals surface area (Å²) in [6, 6.07) is 7.97. The van der Waals surface area contributed by atoms with Crippen molar-refractivity contribution in [2.75, 3.05) is 18.1 Å². The molecule has 2 aromatic rings. The summed E-state index contributed by atoms with van der Waals surface area (Å²) in [6.07, 6.45) is 0. The summed E-state index contributed by atoms with van der Waals surface area (Å²) in [7, 11) is 0. The molecule has 0 spiro atoms. The summed E-state index contributed by atoms with van der Waals surface area (Å²) >= 11 is 1.24. The minimum atomic E-state index is -0.313. The monoisotopic (exact) mass is 349 g/mol. The fourth-order valence-corrected chi connectivity index (χ4v) is 3.23. The van der Waals surface area contributed by atoms with Crippen molar-refractivity contribution < 1.29 is 18.7 Å². The molecule has 0 unspecified atom stereocenters. The van der Waals surface area contributed by atoms with Gasteiger partial charge < -0.3 is 9.30 Å². The van der Waals surface area contributed by atoms with Crippen LogP contribution in [0.4, 0.5) is 4.39 Å². The summed E-state index contributed by atoms with van der Waals surface area (Å²) in [5.41, 5.74) is 3.14. The van der Waals surface area contributed by atoms with Crippen molar-refractivity contribution in [3.8, 4) is 5.69 Å². The molecule has 0 aliphatic heterocycles. The van der Waals surface area contributed by atoms with E-state index < -0.39 is 0 Å². The average Bonchev–Trinajstić information content (AvgIpc) is 2.83. The number of Topliss-reactive ketones (excluding diaryl/α,β-unsaturated/α-hetero) is 1. The van der Waals surface area contributed by atoms with Crippen molar-refractivity contribution in [1.29, 1.82) is 0 Å². The van der Waals surface area contributed by atoms with Crippen LogP contribution in [0.1, 0.15) is 28.7 Å². The maximum absolute atomic E-state index is 13.1. The fourth-order valence-electron chi connectivity index (χ4n) is 2.54. The van der Waals surface area contributed by atoms with E-state index in [1.165, 1.54) is 23.9 Å². The Balaban J connectivity index is 2.11. The number of rotatable bonds is 7. The molecule has 24 heavy (non-hydrogen) atoms. The van der Waals surface area contributed by atoms with E-state index in [0.29, 0.717) is 12.2 Å². The molecule has 2 rings (SSSR count). The lowest BCUT2D eigenvalue weighted by Gasteiger charge is -2.09. The van der Waals surface area contributed by atoms with Crippen LogP contribution in [0.25, 0.3) is 5.69 Å². The largest absolute Gasteiger partial charge is 0.465 e. The molecule has 6 heteroatoms. The first-order chi connectivity index (χ1) is 11.4. The first-order valence-electron chi connectivity index (χ1n) is 7.65. The second-order valence-electron chi connectivity index (χ2n) is 5.32. The smallest absolute Gasteiger partial charge is 0.315 e. The molecule has 0 aliphatic carbocycles. The second-order valence-corrected chi connectivity index (χ2v) is 6.30. The Kier molecular flexibility index (Phi) is 6.20. The van der Waals surface area contributed by atoms with E-state index in [9.17, 15) is 14.0 Å². The second kappa shape index (κ2) is 8.15. The van der Waals surface area contributed by atoms with Gasteiger partial charge >= 0.3 is 5.97 Å². The molecule has 0 saturated carbocycles. The number of benzene rings is 1. The Labute approximate surface area is 145 Å². The van der Waals surface area contributed by atoms with Crippen molar-refractivity contribution in [1.82, 2.24) is 4.57 Å². The Bertz CT molecular complexity index is 737. The van der Waals surface area contributed by atoms with Gasteiger partial charge in [-0.15, -0.1) is 11.8 Å². The van der Waals surface area contributed by atoms with Crippen LogP contribution in [0, 0.1) is 19.7 Å². The number of carbonyl (C=O) groups excluding carboxylic acids is 2. The van der Waals surface area contributed by atoms with Gasteiger partial charge in [-0.25, -0.2) is 4.39 Å². The van der Waals surface area contributed by atoms with Gasteiger partial charge in [0.15, 0.2) is 5.78 Å². The van der Waals surface area contributed by atoms with Crippen LogP contribution in [-0.4, -0.2) is 34.4 Å². The lowest BCUT2D eigenvalue weighted by molar-refractivity contribution is -0.139. The van der Waals surface area contributed by atoms with Crippen LogP contribution in [0.15, 0.2) is 30.3 Å². The van der Waals surface area contributed by atoms with Gasteiger partial charge in [-0.05, 0) is 51.1 Å². The molecule has 0 amide bonds. The Morgan fingerprint density at radius 3 is 2.46 bits per heavy atom. The third kappa shape index (κ3) is 4.26. The molecular formula is C18H20FNO3S. The van der Waals surface area contributed by atoms with Gasteiger partial charge in [0.1, 0.15) is 5.82 Å². The number of nitrogens with zero attached hydrogens (tertiary/aromatic N) is 1. The molecule has 128 valence electrons. The van der Waals surface area contributed by atoms with Gasteiger partial charge in [-0.2, -0.15) is 0 Å². The van der Waals surface area contributed by atoms with E-state index in [4.69, 9.17) is 4.74 Å². The van der Waals surface area contributed by atoms with Crippen molar-refractivity contribution in [2.45, 2.75) is 20.8 Å². The molecule has 0 radical (unpaired) electrons. The summed E-state index contributed by atoms with van der Waals surface area (Å²) in [5.74, 6) is -0.270. The molecule has 1 aromatic heterocycles. The number of halogens is 1. The molecule has 0 fully saturated rings. The molecular weight excluding hydrogens is 329 g/mol. The number of ether oxygens (including phenoxy) is 1. The zero-order chi connectivity index (χ0) is 17.7. The molecule has 0 saturated heterocycles. The number of hydrogen-bond acceptors (Lipinski definition) is 4. The van der Waals surface area contributed by atoms with Crippen molar-refractivity contribution in [3.05, 3.63) is 53.1 Å². The van der Waals surface area contributed by atoms with Crippen molar-refractivity contribution in [3.63, 3.8) is 0 Å². The first-order valence-corrected chi connectivity index (χ1v) is 8.81.